The number of benzene rings is 1. The summed E-state index contributed by atoms with van der Waals surface area (Å²) in [5.74, 6) is 1.63. The predicted molar refractivity (Wildman–Crippen MR) is 114 cm³/mol. The molecule has 1 atom stereocenters. The van der Waals surface area contributed by atoms with E-state index < -0.39 is 17.4 Å². The van der Waals surface area contributed by atoms with Crippen LogP contribution in [0.25, 0.3) is 11.2 Å². The number of nitrogens with zero attached hydrogens (tertiary/aromatic N) is 3. The third kappa shape index (κ3) is 4.38. The number of anilines is 1. The van der Waals surface area contributed by atoms with Gasteiger partial charge in [0.2, 0.25) is 5.95 Å². The van der Waals surface area contributed by atoms with Crippen LogP contribution in [0.1, 0.15) is 11.3 Å². The molecule has 4 aromatic rings. The number of aliphatic hydroxyl groups excluding tert-OH is 1. The molecule has 3 aromatic heterocycles. The first-order valence-corrected chi connectivity index (χ1v) is 9.75. The van der Waals surface area contributed by atoms with Crippen molar-refractivity contribution in [1.29, 1.82) is 0 Å². The van der Waals surface area contributed by atoms with E-state index in [1.807, 2.05) is 31.2 Å². The van der Waals surface area contributed by atoms with E-state index in [0.717, 1.165) is 5.56 Å². The zero-order valence-electron chi connectivity index (χ0n) is 17.2. The first kappa shape index (κ1) is 20.5. The van der Waals surface area contributed by atoms with Crippen molar-refractivity contribution in [2.45, 2.75) is 26.1 Å². The lowest BCUT2D eigenvalue weighted by Crippen LogP contribution is -2.30. The van der Waals surface area contributed by atoms with Crippen molar-refractivity contribution in [2.75, 3.05) is 11.9 Å². The number of imidazole rings is 1. The molecule has 0 aliphatic carbocycles. The second-order valence-corrected chi connectivity index (χ2v) is 7.25. The summed E-state index contributed by atoms with van der Waals surface area (Å²) in [6.45, 7) is 2.34. The summed E-state index contributed by atoms with van der Waals surface area (Å²) in [6, 6.07) is 11.0. The van der Waals surface area contributed by atoms with Crippen molar-refractivity contribution in [3.8, 4) is 5.75 Å². The Bertz CT molecular complexity index is 1280. The number of H-pyrrole nitrogens is 1. The summed E-state index contributed by atoms with van der Waals surface area (Å²) in [5.41, 5.74) is 0.349. The van der Waals surface area contributed by atoms with E-state index in [1.165, 1.54) is 11.6 Å². The number of hydrogen-bond donors (Lipinski definition) is 3. The lowest BCUT2D eigenvalue weighted by molar-refractivity contribution is 0.0938. The lowest BCUT2D eigenvalue weighted by Gasteiger charge is -2.15. The fourth-order valence-electron chi connectivity index (χ4n) is 3.22. The Morgan fingerprint density at radius 2 is 2.03 bits per heavy atom. The number of fused-ring (bicyclic) bond motifs is 1. The average Bonchev–Trinajstić information content (AvgIpc) is 3.38. The highest BCUT2D eigenvalue weighted by molar-refractivity contribution is 5.74. The Labute approximate surface area is 176 Å². The number of aryl methyl sites for hydroxylation is 2. The van der Waals surface area contributed by atoms with Crippen LogP contribution in [0.15, 0.2) is 56.7 Å². The molecule has 0 aliphatic rings. The quantitative estimate of drug-likeness (QED) is 0.389. The molecule has 10 nitrogen and oxygen atoms in total. The first-order valence-electron chi connectivity index (χ1n) is 9.75. The van der Waals surface area contributed by atoms with Gasteiger partial charge in [-0.2, -0.15) is 4.98 Å². The number of aromatic amines is 1. The molecule has 3 N–H and O–H groups in total. The first-order chi connectivity index (χ1) is 14.9. The highest BCUT2D eigenvalue weighted by Gasteiger charge is 2.20. The van der Waals surface area contributed by atoms with Gasteiger partial charge in [0.1, 0.15) is 24.2 Å². The molecule has 31 heavy (non-hydrogen) atoms. The van der Waals surface area contributed by atoms with Crippen LogP contribution in [-0.4, -0.2) is 36.9 Å². The van der Waals surface area contributed by atoms with Gasteiger partial charge in [-0.25, -0.2) is 4.79 Å². The fourth-order valence-corrected chi connectivity index (χ4v) is 3.22. The summed E-state index contributed by atoms with van der Waals surface area (Å²) in [4.78, 5) is 31.2. The van der Waals surface area contributed by atoms with Crippen molar-refractivity contribution < 1.29 is 14.3 Å². The third-order valence-electron chi connectivity index (χ3n) is 4.86. The van der Waals surface area contributed by atoms with Gasteiger partial charge in [-0.1, -0.05) is 17.7 Å². The maximum Gasteiger partial charge on any atom is 0.329 e. The van der Waals surface area contributed by atoms with Gasteiger partial charge in [0.15, 0.2) is 11.2 Å². The van der Waals surface area contributed by atoms with Gasteiger partial charge in [0.05, 0.1) is 19.4 Å². The van der Waals surface area contributed by atoms with Crippen molar-refractivity contribution in [2.24, 2.45) is 7.05 Å². The standard InChI is InChI=1S/C21H23N5O5/c1-13-5-7-15(8-6-13)31-12-14(27)11-26-17-18(25(2)21(29)24-19(17)28)23-20(26)22-10-16-4-3-9-30-16/h3-9,14,27H,10-12H2,1-2H3,(H,22,23)(H,24,28,29)/t14-/m0/s1. The summed E-state index contributed by atoms with van der Waals surface area (Å²) >= 11 is 0. The van der Waals surface area contributed by atoms with E-state index in [9.17, 15) is 14.7 Å². The zero-order valence-corrected chi connectivity index (χ0v) is 17.2. The lowest BCUT2D eigenvalue weighted by atomic mass is 10.2. The Kier molecular flexibility index (Phi) is 5.63. The van der Waals surface area contributed by atoms with Gasteiger partial charge in [0.25, 0.3) is 5.56 Å². The third-order valence-corrected chi connectivity index (χ3v) is 4.86. The minimum atomic E-state index is -0.931. The molecule has 1 aromatic carbocycles. The Balaban J connectivity index is 1.61. The van der Waals surface area contributed by atoms with E-state index in [0.29, 0.717) is 24.0 Å². The van der Waals surface area contributed by atoms with Crippen LogP contribution < -0.4 is 21.3 Å². The van der Waals surface area contributed by atoms with E-state index >= 15 is 0 Å². The van der Waals surface area contributed by atoms with Crippen LogP contribution >= 0.6 is 0 Å². The Hall–Kier alpha value is -3.79. The minimum absolute atomic E-state index is 0.0179. The number of nitrogens with one attached hydrogen (secondary N) is 2. The van der Waals surface area contributed by atoms with E-state index in [4.69, 9.17) is 9.15 Å². The highest BCUT2D eigenvalue weighted by Crippen LogP contribution is 2.18. The van der Waals surface area contributed by atoms with Crippen molar-refractivity contribution in [1.82, 2.24) is 19.1 Å². The predicted octanol–water partition coefficient (Wildman–Crippen LogP) is 1.38. The molecular formula is C21H23N5O5. The maximum atomic E-state index is 12.5. The van der Waals surface area contributed by atoms with Crippen LogP contribution in [0.5, 0.6) is 5.75 Å². The molecular weight excluding hydrogens is 402 g/mol. The highest BCUT2D eigenvalue weighted by atomic mass is 16.5. The number of furan rings is 1. The molecule has 0 amide bonds. The second-order valence-electron chi connectivity index (χ2n) is 7.25. The number of aliphatic hydroxyl groups is 1. The van der Waals surface area contributed by atoms with Crippen LogP contribution in [-0.2, 0) is 20.1 Å². The van der Waals surface area contributed by atoms with E-state index in [1.54, 1.807) is 23.0 Å². The molecule has 10 heteroatoms. The van der Waals surface area contributed by atoms with Gasteiger partial charge in [-0.15, -0.1) is 0 Å². The normalized spacial score (nSPS) is 12.2. The monoisotopic (exact) mass is 425 g/mol. The van der Waals surface area contributed by atoms with Crippen LogP contribution in [0.4, 0.5) is 5.95 Å². The molecule has 0 saturated heterocycles. The van der Waals surface area contributed by atoms with Crippen molar-refractivity contribution in [3.05, 3.63) is 74.8 Å². The van der Waals surface area contributed by atoms with E-state index in [2.05, 4.69) is 15.3 Å². The summed E-state index contributed by atoms with van der Waals surface area (Å²) in [6.07, 6.45) is 0.625. The molecule has 4 rings (SSSR count). The van der Waals surface area contributed by atoms with Crippen LogP contribution in [0.3, 0.4) is 0 Å². The minimum Gasteiger partial charge on any atom is -0.491 e. The fraction of sp³-hybridized carbons (Fsp3) is 0.286. The molecule has 0 fully saturated rings. The smallest absolute Gasteiger partial charge is 0.329 e. The van der Waals surface area contributed by atoms with Gasteiger partial charge >= 0.3 is 5.69 Å². The Morgan fingerprint density at radius 3 is 2.74 bits per heavy atom. The Morgan fingerprint density at radius 1 is 1.26 bits per heavy atom. The SMILES string of the molecule is Cc1ccc(OC[C@@H](O)Cn2c(NCc3ccco3)nc3c2c(=O)[nH]c(=O)n3C)cc1. The number of hydrogen-bond acceptors (Lipinski definition) is 7. The molecule has 0 aliphatic heterocycles. The molecule has 0 bridgehead atoms. The number of ether oxygens (including phenoxy) is 1. The summed E-state index contributed by atoms with van der Waals surface area (Å²) in [7, 11) is 1.52. The molecule has 3 heterocycles. The largest absolute Gasteiger partial charge is 0.491 e. The number of rotatable bonds is 8. The van der Waals surface area contributed by atoms with Crippen molar-refractivity contribution in [3.63, 3.8) is 0 Å². The average molecular weight is 425 g/mol. The van der Waals surface area contributed by atoms with Gasteiger partial charge in [0, 0.05) is 7.05 Å². The van der Waals surface area contributed by atoms with Crippen LogP contribution in [0.2, 0.25) is 0 Å². The molecule has 0 unspecified atom stereocenters. The summed E-state index contributed by atoms with van der Waals surface area (Å²) in [5, 5.41) is 13.7. The van der Waals surface area contributed by atoms with Gasteiger partial charge in [-0.3, -0.25) is 14.3 Å². The van der Waals surface area contributed by atoms with Gasteiger partial charge in [-0.05, 0) is 31.2 Å². The topological polar surface area (TPSA) is 127 Å². The van der Waals surface area contributed by atoms with Crippen molar-refractivity contribution >= 4 is 17.1 Å². The zero-order chi connectivity index (χ0) is 22.0. The number of aromatic nitrogens is 4. The molecule has 0 radical (unpaired) electrons. The molecule has 0 saturated carbocycles. The molecule has 162 valence electrons. The van der Waals surface area contributed by atoms with Gasteiger partial charge < -0.3 is 24.1 Å². The maximum absolute atomic E-state index is 12.5. The second kappa shape index (κ2) is 8.52. The van der Waals surface area contributed by atoms with E-state index in [-0.39, 0.29) is 24.3 Å². The van der Waals surface area contributed by atoms with Crippen LogP contribution in [0, 0.1) is 6.92 Å². The molecule has 0 spiro atoms. The summed E-state index contributed by atoms with van der Waals surface area (Å²) < 4.78 is 13.8.